The lowest BCUT2D eigenvalue weighted by Crippen LogP contribution is -2.54. The number of imide groups is 2. The van der Waals surface area contributed by atoms with Crippen LogP contribution in [0.25, 0.3) is 11.3 Å². The number of nitrogens with one attached hydrogen (secondary N) is 4. The molecular formula is C42H47F3N12O10S. The lowest BCUT2D eigenvalue weighted by molar-refractivity contribution is -0.138. The molecule has 0 spiro atoms. The second-order valence-corrected chi connectivity index (χ2v) is 17.9. The SMILES string of the molecule is CC(C)(O)Cn1cc(-c2nc(Nc3ccc(S(=O)(=O)NCCOCc4cn(CCOCCOCCNc5cccc6c5C(=O)N(C5CCC(=O)NC5=O)C6=O)nn4)cc3)ncc2C(F)(F)F)cn1. The highest BCUT2D eigenvalue weighted by atomic mass is 32.2. The first-order chi connectivity index (χ1) is 32.4. The van der Waals surface area contributed by atoms with Crippen molar-refractivity contribution in [1.29, 1.82) is 0 Å². The van der Waals surface area contributed by atoms with Gasteiger partial charge in [0.25, 0.3) is 11.8 Å². The zero-order chi connectivity index (χ0) is 48.6. The molecule has 7 rings (SSSR count). The topological polar surface area (TPSA) is 276 Å². The van der Waals surface area contributed by atoms with E-state index in [0.29, 0.717) is 43.0 Å². The Hall–Kier alpha value is -6.71. The van der Waals surface area contributed by atoms with Crippen LogP contribution in [-0.4, -0.2) is 135 Å². The maximum Gasteiger partial charge on any atom is 0.419 e. The molecule has 4 amide bonds. The van der Waals surface area contributed by atoms with Gasteiger partial charge in [-0.25, -0.2) is 27.8 Å². The van der Waals surface area contributed by atoms with Crippen LogP contribution in [0.5, 0.6) is 0 Å². The maximum absolute atomic E-state index is 13.9. The predicted molar refractivity (Wildman–Crippen MR) is 232 cm³/mol. The fourth-order valence-corrected chi connectivity index (χ4v) is 8.12. The predicted octanol–water partition coefficient (Wildman–Crippen LogP) is 2.51. The Bertz CT molecular complexity index is 2740. The van der Waals surface area contributed by atoms with Gasteiger partial charge < -0.3 is 30.0 Å². The van der Waals surface area contributed by atoms with E-state index in [0.717, 1.165) is 4.90 Å². The summed E-state index contributed by atoms with van der Waals surface area (Å²) >= 11 is 0. The van der Waals surface area contributed by atoms with Gasteiger partial charge in [-0.2, -0.15) is 18.3 Å². The summed E-state index contributed by atoms with van der Waals surface area (Å²) in [6, 6.07) is 9.19. The van der Waals surface area contributed by atoms with Crippen LogP contribution in [0.15, 0.2) is 72.1 Å². The quantitative estimate of drug-likeness (QED) is 0.0465. The Morgan fingerprint density at radius 2 is 1.65 bits per heavy atom. The van der Waals surface area contributed by atoms with Gasteiger partial charge in [0.15, 0.2) is 0 Å². The van der Waals surface area contributed by atoms with Crippen molar-refractivity contribution in [1.82, 2.24) is 49.7 Å². The van der Waals surface area contributed by atoms with Crippen LogP contribution in [0.3, 0.4) is 0 Å². The van der Waals surface area contributed by atoms with E-state index in [1.54, 1.807) is 23.0 Å². The molecule has 2 aliphatic heterocycles. The monoisotopic (exact) mass is 968 g/mol. The van der Waals surface area contributed by atoms with Crippen LogP contribution >= 0.6 is 0 Å². The molecule has 0 radical (unpaired) electrons. The molecule has 26 heteroatoms. The number of piperidine rings is 1. The second-order valence-electron chi connectivity index (χ2n) is 16.1. The number of sulfonamides is 1. The van der Waals surface area contributed by atoms with Crippen LogP contribution in [0.4, 0.5) is 30.5 Å². The molecule has 0 aliphatic carbocycles. The molecule has 5 N–H and O–H groups in total. The van der Waals surface area contributed by atoms with Crippen molar-refractivity contribution >= 4 is 51.0 Å². The van der Waals surface area contributed by atoms with Gasteiger partial charge in [0.2, 0.25) is 27.8 Å². The minimum Gasteiger partial charge on any atom is -0.389 e. The third kappa shape index (κ3) is 12.4. The van der Waals surface area contributed by atoms with E-state index < -0.39 is 62.7 Å². The first-order valence-corrected chi connectivity index (χ1v) is 22.6. The number of carbonyl (C=O) groups is 4. The fourth-order valence-electron chi connectivity index (χ4n) is 7.11. The van der Waals surface area contributed by atoms with Crippen LogP contribution in [0, 0.1) is 0 Å². The number of rotatable bonds is 23. The molecule has 68 heavy (non-hydrogen) atoms. The van der Waals surface area contributed by atoms with E-state index in [1.165, 1.54) is 61.3 Å². The Labute approximate surface area is 386 Å². The normalized spacial score (nSPS) is 15.5. The van der Waals surface area contributed by atoms with E-state index in [4.69, 9.17) is 14.2 Å². The molecule has 1 fully saturated rings. The summed E-state index contributed by atoms with van der Waals surface area (Å²) in [6.07, 6.45) is 0.188. The number of hydrogen-bond acceptors (Lipinski definition) is 17. The molecule has 0 bridgehead atoms. The minimum absolute atomic E-state index is 0.0170. The average molecular weight is 969 g/mol. The number of halogens is 3. The number of fused-ring (bicyclic) bond motifs is 1. The van der Waals surface area contributed by atoms with Crippen molar-refractivity contribution in [2.75, 3.05) is 56.8 Å². The maximum atomic E-state index is 13.9. The van der Waals surface area contributed by atoms with E-state index in [2.05, 4.69) is 46.1 Å². The summed E-state index contributed by atoms with van der Waals surface area (Å²) in [4.78, 5) is 58.9. The summed E-state index contributed by atoms with van der Waals surface area (Å²) in [7, 11) is -3.95. The number of anilines is 3. The van der Waals surface area contributed by atoms with E-state index in [9.17, 15) is 45.9 Å². The Balaban J connectivity index is 0.767. The summed E-state index contributed by atoms with van der Waals surface area (Å²) in [5.41, 5.74) is -1.03. The second kappa shape index (κ2) is 21.1. The van der Waals surface area contributed by atoms with E-state index >= 15 is 0 Å². The number of amides is 4. The van der Waals surface area contributed by atoms with Crippen LogP contribution in [0.2, 0.25) is 0 Å². The molecule has 5 aromatic rings. The number of benzene rings is 2. The van der Waals surface area contributed by atoms with Gasteiger partial charge in [-0.15, -0.1) is 5.10 Å². The van der Waals surface area contributed by atoms with E-state index in [1.807, 2.05) is 0 Å². The molecule has 1 unspecified atom stereocenters. The van der Waals surface area contributed by atoms with Crippen molar-refractivity contribution in [2.24, 2.45) is 0 Å². The molecule has 1 atom stereocenters. The third-order valence-corrected chi connectivity index (χ3v) is 11.7. The van der Waals surface area contributed by atoms with Gasteiger partial charge in [0, 0.05) is 48.8 Å². The highest BCUT2D eigenvalue weighted by Crippen LogP contribution is 2.37. The van der Waals surface area contributed by atoms with Crippen molar-refractivity contribution in [3.05, 3.63) is 89.6 Å². The van der Waals surface area contributed by atoms with Gasteiger partial charge >= 0.3 is 6.18 Å². The standard InChI is InChI=1S/C42H47F3N12O10S/c1-41(2,62)25-56-22-26(20-48-56)36-31(42(43,44)45)21-47-40(52-36)50-27-6-8-29(9-7-27)68(63,64)49-13-16-67-24-28-23-55(54-53-28)14-17-66-19-18-65-15-12-46-32-5-3-4-30-35(32)39(61)57(38(30)60)33-10-11-34(58)51-37(33)59/h3-9,20-23,33,46,49,62H,10-19,24-25H2,1-2H3,(H,47,50,52)(H,51,58,59). The molecule has 0 saturated carbocycles. The average Bonchev–Trinajstić information content (AvgIpc) is 4.00. The van der Waals surface area contributed by atoms with Crippen molar-refractivity contribution < 1.29 is 60.1 Å². The minimum atomic E-state index is -4.76. The summed E-state index contributed by atoms with van der Waals surface area (Å²) in [6.45, 7) is 4.98. The van der Waals surface area contributed by atoms with Crippen molar-refractivity contribution in [2.45, 2.75) is 69.1 Å². The van der Waals surface area contributed by atoms with Crippen LogP contribution in [0.1, 0.15) is 58.7 Å². The number of hydrogen-bond donors (Lipinski definition) is 5. The first kappa shape index (κ1) is 49.2. The molecule has 3 aromatic heterocycles. The summed E-state index contributed by atoms with van der Waals surface area (Å²) in [5.74, 6) is -2.49. The van der Waals surface area contributed by atoms with Crippen LogP contribution < -0.4 is 20.7 Å². The molecular weight excluding hydrogens is 922 g/mol. The Morgan fingerprint density at radius 1 is 0.897 bits per heavy atom. The molecule has 1 saturated heterocycles. The van der Waals surface area contributed by atoms with Gasteiger partial charge in [0.1, 0.15) is 17.3 Å². The lowest BCUT2D eigenvalue weighted by atomic mass is 10.0. The fraction of sp³-hybridized carbons (Fsp3) is 0.405. The Kier molecular flexibility index (Phi) is 15.2. The number of nitrogens with zero attached hydrogens (tertiary/aromatic N) is 8. The number of alkyl halides is 3. The largest absolute Gasteiger partial charge is 0.419 e. The molecule has 22 nitrogen and oxygen atoms in total. The van der Waals surface area contributed by atoms with Gasteiger partial charge in [-0.05, 0) is 56.7 Å². The van der Waals surface area contributed by atoms with Crippen LogP contribution in [-0.2, 0) is 59.7 Å². The first-order valence-electron chi connectivity index (χ1n) is 21.1. The zero-order valence-corrected chi connectivity index (χ0v) is 37.5. The van der Waals surface area contributed by atoms with Gasteiger partial charge in [-0.3, -0.25) is 34.1 Å². The highest BCUT2D eigenvalue weighted by molar-refractivity contribution is 7.89. The van der Waals surface area contributed by atoms with Crippen molar-refractivity contribution in [3.8, 4) is 11.3 Å². The van der Waals surface area contributed by atoms with E-state index in [-0.39, 0.29) is 86.5 Å². The molecule has 362 valence electrons. The smallest absolute Gasteiger partial charge is 0.389 e. The third-order valence-electron chi connectivity index (χ3n) is 10.2. The number of aliphatic hydroxyl groups is 1. The van der Waals surface area contributed by atoms with Gasteiger partial charge in [-0.1, -0.05) is 11.3 Å². The lowest BCUT2D eigenvalue weighted by Gasteiger charge is -2.27. The molecule has 2 aliphatic rings. The zero-order valence-electron chi connectivity index (χ0n) is 36.7. The number of ether oxygens (including phenoxy) is 3. The van der Waals surface area contributed by atoms with Crippen molar-refractivity contribution in [3.63, 3.8) is 0 Å². The summed E-state index contributed by atoms with van der Waals surface area (Å²) < 4.78 is 89.5. The molecule has 2 aromatic carbocycles. The summed E-state index contributed by atoms with van der Waals surface area (Å²) in [5, 5.41) is 30.3. The Morgan fingerprint density at radius 3 is 2.38 bits per heavy atom. The number of carbonyl (C=O) groups excluding carboxylic acids is 4. The molecule has 5 heterocycles. The highest BCUT2D eigenvalue weighted by Gasteiger charge is 2.45. The van der Waals surface area contributed by atoms with Gasteiger partial charge in [0.05, 0.1) is 92.4 Å². The number of aromatic nitrogens is 7.